The van der Waals surface area contributed by atoms with Gasteiger partial charge in [0.1, 0.15) is 42.0 Å². The highest BCUT2D eigenvalue weighted by Gasteiger charge is 2.46. The molecular formula is C31H32I4N2O12. The highest BCUT2D eigenvalue weighted by Crippen LogP contribution is 2.43. The lowest BCUT2D eigenvalue weighted by atomic mass is 9.99. The van der Waals surface area contributed by atoms with E-state index in [1.54, 1.807) is 18.2 Å². The van der Waals surface area contributed by atoms with Crippen molar-refractivity contribution >= 4 is 120 Å². The number of nitrogens with one attached hydrogen (secondary N) is 1. The summed E-state index contributed by atoms with van der Waals surface area (Å²) in [5, 5.41) is 53.3. The molecule has 0 saturated carbocycles. The maximum atomic E-state index is 13.7. The summed E-state index contributed by atoms with van der Waals surface area (Å²) in [6, 6.07) is 3.38. The van der Waals surface area contributed by atoms with Gasteiger partial charge in [-0.25, -0.2) is 9.69 Å². The van der Waals surface area contributed by atoms with Gasteiger partial charge in [0.15, 0.2) is 5.75 Å². The summed E-state index contributed by atoms with van der Waals surface area (Å²) >= 11 is 7.86. The first-order chi connectivity index (χ1) is 23.2. The summed E-state index contributed by atoms with van der Waals surface area (Å²) in [6.07, 6.45) is -4.39. The van der Waals surface area contributed by atoms with Crippen molar-refractivity contribution < 1.29 is 58.9 Å². The number of carbonyl (C=O) groups is 4. The molecular weight excluding hydrogens is 1100 g/mol. The zero-order chi connectivity index (χ0) is 36.2. The number of benzene rings is 2. The van der Waals surface area contributed by atoms with Gasteiger partial charge in [0.2, 0.25) is 12.2 Å². The molecule has 4 rings (SSSR count). The predicted molar refractivity (Wildman–Crippen MR) is 207 cm³/mol. The average molecular weight is 1130 g/mol. The fourth-order valence-corrected chi connectivity index (χ4v) is 9.02. The van der Waals surface area contributed by atoms with Crippen LogP contribution in [0.5, 0.6) is 17.2 Å². The summed E-state index contributed by atoms with van der Waals surface area (Å²) < 4.78 is 18.9. The van der Waals surface area contributed by atoms with Gasteiger partial charge < -0.3 is 45.1 Å². The maximum absolute atomic E-state index is 13.7. The zero-order valence-electron chi connectivity index (χ0n) is 25.6. The van der Waals surface area contributed by atoms with E-state index in [-0.39, 0.29) is 35.6 Å². The quantitative estimate of drug-likeness (QED) is 0.0741. The van der Waals surface area contributed by atoms with Crippen molar-refractivity contribution in [2.75, 3.05) is 11.5 Å². The highest BCUT2D eigenvalue weighted by atomic mass is 127. The number of phenols is 1. The topological polar surface area (TPSA) is 212 Å². The third kappa shape index (κ3) is 9.53. The Kier molecular flexibility index (Phi) is 14.7. The van der Waals surface area contributed by atoms with Crippen LogP contribution in [0.25, 0.3) is 0 Å². The Labute approximate surface area is 335 Å². The van der Waals surface area contributed by atoms with E-state index in [1.165, 1.54) is 0 Å². The summed E-state index contributed by atoms with van der Waals surface area (Å²) in [4.78, 5) is 53.6. The number of aromatic hydroxyl groups is 1. The Hall–Kier alpha value is -1.42. The molecule has 0 aromatic heterocycles. The van der Waals surface area contributed by atoms with E-state index < -0.39 is 67.0 Å². The predicted octanol–water partition coefficient (Wildman–Crippen LogP) is 2.98. The third-order valence-electron chi connectivity index (χ3n) is 7.60. The second-order valence-electron chi connectivity index (χ2n) is 11.1. The number of ether oxygens (including phenoxy) is 3. The van der Waals surface area contributed by atoms with Gasteiger partial charge in [0, 0.05) is 25.0 Å². The number of phenolic OH excluding ortho intramolecular Hbond substituents is 1. The van der Waals surface area contributed by atoms with Crippen molar-refractivity contribution in [2.24, 2.45) is 0 Å². The highest BCUT2D eigenvalue weighted by molar-refractivity contribution is 14.1. The lowest BCUT2D eigenvalue weighted by molar-refractivity contribution is -0.293. The fourth-order valence-electron chi connectivity index (χ4n) is 5.05. The molecule has 1 fully saturated rings. The van der Waals surface area contributed by atoms with Crippen molar-refractivity contribution in [3.8, 4) is 17.2 Å². The van der Waals surface area contributed by atoms with E-state index in [2.05, 4.69) is 5.32 Å². The third-order valence-corrected chi connectivity index (χ3v) is 11.1. The second-order valence-corrected chi connectivity index (χ2v) is 15.7. The van der Waals surface area contributed by atoms with Crippen LogP contribution < -0.4 is 15.0 Å². The maximum Gasteiger partial charge on any atom is 0.331 e. The van der Waals surface area contributed by atoms with Gasteiger partial charge in [0.25, 0.3) is 11.8 Å². The summed E-state index contributed by atoms with van der Waals surface area (Å²) in [6.45, 7) is 1.22. The number of esters is 1. The van der Waals surface area contributed by atoms with Crippen molar-refractivity contribution in [3.05, 3.63) is 50.2 Å². The van der Waals surface area contributed by atoms with E-state index in [0.29, 0.717) is 26.5 Å². The molecule has 14 nitrogen and oxygen atoms in total. The van der Waals surface area contributed by atoms with E-state index in [9.17, 15) is 44.7 Å². The number of aliphatic hydroxyl groups excluding tert-OH is 4. The minimum absolute atomic E-state index is 0.0869. The van der Waals surface area contributed by atoms with Crippen LogP contribution in [0.3, 0.4) is 0 Å². The molecule has 1 saturated heterocycles. The lowest BCUT2D eigenvalue weighted by Gasteiger charge is -2.39. The second kappa shape index (κ2) is 17.9. The first kappa shape index (κ1) is 40.4. The molecule has 266 valence electrons. The van der Waals surface area contributed by atoms with Gasteiger partial charge in [0.05, 0.1) is 26.6 Å². The van der Waals surface area contributed by atoms with Crippen LogP contribution >= 0.6 is 90.4 Å². The Morgan fingerprint density at radius 3 is 2.18 bits per heavy atom. The molecule has 3 amide bonds. The molecule has 0 radical (unpaired) electrons. The first-order valence-electron chi connectivity index (χ1n) is 14.9. The van der Waals surface area contributed by atoms with Crippen LogP contribution in [0, 0.1) is 14.3 Å². The monoisotopic (exact) mass is 1130 g/mol. The average Bonchev–Trinajstić information content (AvgIpc) is 3.38. The van der Waals surface area contributed by atoms with Crippen molar-refractivity contribution in [3.63, 3.8) is 0 Å². The number of hydrogen-bond acceptors (Lipinski definition) is 12. The number of nitrogens with zero attached hydrogens (tertiary/aromatic N) is 1. The van der Waals surface area contributed by atoms with E-state index >= 15 is 0 Å². The molecule has 6 N–H and O–H groups in total. The van der Waals surface area contributed by atoms with E-state index in [0.717, 1.165) is 29.9 Å². The first-order valence-corrected chi connectivity index (χ1v) is 19.2. The molecule has 0 unspecified atom stereocenters. The zero-order valence-corrected chi connectivity index (χ0v) is 34.3. The Balaban J connectivity index is 1.75. The van der Waals surface area contributed by atoms with Gasteiger partial charge in [-0.3, -0.25) is 14.4 Å². The van der Waals surface area contributed by atoms with E-state index in [1.807, 2.05) is 97.3 Å². The molecule has 0 bridgehead atoms. The standard InChI is InChI=1S/C31H32I4N2O12/c1-2-3-4-5-20(39)36-18(30(46)49-31-28(45)27(44)26(43)19(12-38)48-31)9-13-8-17(34)29(47-14-10-15(32)25(42)16(33)11-14)23(35)24(13)37-21(40)6-7-22(37)41/h6-8,10-11,18-19,26-28,31,38,42-45H,2-5,9,12H2,1H3,(H,36,39)/t18-,19+,26-,27-,28+,31-/m0/s1. The number of hydrogen-bond donors (Lipinski definition) is 6. The minimum Gasteiger partial charge on any atom is -0.506 e. The SMILES string of the molecule is CCCCCC(=O)N[C@@H](Cc1cc(I)c(Oc2cc(I)c(O)c(I)c2)c(I)c1N1C(=O)C=CC1=O)C(=O)O[C@@H]1O[C@H](CO)[C@H](O)[C@H](O)[C@H]1O. The number of imide groups is 1. The number of amides is 3. The normalized spacial score (nSPS) is 22.7. The number of halogens is 4. The van der Waals surface area contributed by atoms with Gasteiger partial charge in [-0.2, -0.15) is 0 Å². The fraction of sp³-hybridized carbons (Fsp3) is 0.419. The van der Waals surface area contributed by atoms with Crippen LogP contribution in [0.1, 0.15) is 38.2 Å². The molecule has 18 heteroatoms. The lowest BCUT2D eigenvalue weighted by Crippen LogP contribution is -2.60. The van der Waals surface area contributed by atoms with Crippen LogP contribution in [-0.2, 0) is 35.1 Å². The molecule has 2 aliphatic rings. The van der Waals surface area contributed by atoms with Crippen LogP contribution in [0.4, 0.5) is 5.69 Å². The van der Waals surface area contributed by atoms with Crippen molar-refractivity contribution in [2.45, 2.75) is 75.8 Å². The summed E-state index contributed by atoms with van der Waals surface area (Å²) in [5.41, 5.74) is 0.385. The molecule has 2 aromatic carbocycles. The van der Waals surface area contributed by atoms with Gasteiger partial charge in [-0.15, -0.1) is 0 Å². The van der Waals surface area contributed by atoms with E-state index in [4.69, 9.17) is 14.2 Å². The molecule has 2 aliphatic heterocycles. The summed E-state index contributed by atoms with van der Waals surface area (Å²) in [5.74, 6) is -2.11. The Morgan fingerprint density at radius 1 is 0.959 bits per heavy atom. The van der Waals surface area contributed by atoms with Crippen LogP contribution in [0.2, 0.25) is 0 Å². The molecule has 0 aliphatic carbocycles. The van der Waals surface area contributed by atoms with Gasteiger partial charge >= 0.3 is 5.97 Å². The largest absolute Gasteiger partial charge is 0.506 e. The number of aliphatic hydroxyl groups is 4. The van der Waals surface area contributed by atoms with Crippen molar-refractivity contribution in [1.82, 2.24) is 5.32 Å². The summed E-state index contributed by atoms with van der Waals surface area (Å²) in [7, 11) is 0. The molecule has 2 heterocycles. The minimum atomic E-state index is -1.88. The number of carbonyl (C=O) groups excluding carboxylic acids is 4. The molecule has 0 spiro atoms. The number of unbranched alkanes of at least 4 members (excludes halogenated alkanes) is 2. The smallest absolute Gasteiger partial charge is 0.331 e. The molecule has 6 atom stereocenters. The number of anilines is 1. The van der Waals surface area contributed by atoms with Crippen molar-refractivity contribution in [1.29, 1.82) is 0 Å². The Morgan fingerprint density at radius 2 is 1.59 bits per heavy atom. The Bertz CT molecular complexity index is 1600. The number of rotatable bonds is 13. The molecule has 2 aromatic rings. The molecule has 49 heavy (non-hydrogen) atoms. The van der Waals surface area contributed by atoms with Gasteiger partial charge in [-0.1, -0.05) is 19.8 Å². The van der Waals surface area contributed by atoms with Gasteiger partial charge in [-0.05, 0) is 121 Å². The van der Waals surface area contributed by atoms with Crippen LogP contribution in [0.15, 0.2) is 30.4 Å². The van der Waals surface area contributed by atoms with Crippen LogP contribution in [-0.4, -0.2) is 92.6 Å².